The van der Waals surface area contributed by atoms with Gasteiger partial charge >= 0.3 is 0 Å². The second-order valence-corrected chi connectivity index (χ2v) is 7.04. The molecule has 0 bridgehead atoms. The molecule has 1 aliphatic rings. The Labute approximate surface area is 152 Å². The van der Waals surface area contributed by atoms with Gasteiger partial charge in [0.05, 0.1) is 26.3 Å². The van der Waals surface area contributed by atoms with Gasteiger partial charge in [0.15, 0.2) is 11.5 Å². The lowest BCUT2D eigenvalue weighted by atomic mass is 10.2. The molecule has 1 amide bonds. The number of thiazole rings is 1. The molecular weight excluding hydrogens is 336 g/mol. The number of likely N-dealkylation sites (tertiary alicyclic amines) is 1. The van der Waals surface area contributed by atoms with Crippen LogP contribution in [0.3, 0.4) is 0 Å². The molecule has 1 aliphatic heterocycles. The van der Waals surface area contributed by atoms with Crippen LogP contribution in [0.1, 0.15) is 31.4 Å². The number of carbonyl (C=O) groups excluding carboxylic acids is 1. The lowest BCUT2D eigenvalue weighted by Gasteiger charge is -2.19. The fourth-order valence-corrected chi connectivity index (χ4v) is 3.89. The molecule has 2 aromatic rings. The molecular formula is C19H24N2O3S. The fraction of sp³-hybridized carbons (Fsp3) is 0.474. The highest BCUT2D eigenvalue weighted by molar-refractivity contribution is 7.13. The van der Waals surface area contributed by atoms with Gasteiger partial charge in [0, 0.05) is 24.0 Å². The molecule has 1 fully saturated rings. The lowest BCUT2D eigenvalue weighted by molar-refractivity contribution is -0.130. The number of ether oxygens (including phenoxy) is 2. The van der Waals surface area contributed by atoms with Crippen LogP contribution >= 0.6 is 11.3 Å². The van der Waals surface area contributed by atoms with Gasteiger partial charge in [-0.1, -0.05) is 12.8 Å². The summed E-state index contributed by atoms with van der Waals surface area (Å²) in [5.41, 5.74) is 1.81. The minimum atomic E-state index is 0.186. The van der Waals surface area contributed by atoms with Gasteiger partial charge in [-0.3, -0.25) is 4.79 Å². The van der Waals surface area contributed by atoms with Crippen molar-refractivity contribution >= 4 is 17.2 Å². The predicted molar refractivity (Wildman–Crippen MR) is 99.4 cm³/mol. The summed E-state index contributed by atoms with van der Waals surface area (Å²) in [5.74, 6) is 1.56. The summed E-state index contributed by atoms with van der Waals surface area (Å²) in [5, 5.41) is 2.86. The highest BCUT2D eigenvalue weighted by Crippen LogP contribution is 2.33. The van der Waals surface area contributed by atoms with E-state index in [1.807, 2.05) is 28.5 Å². The third kappa shape index (κ3) is 4.31. The summed E-state index contributed by atoms with van der Waals surface area (Å²) in [4.78, 5) is 19.1. The van der Waals surface area contributed by atoms with Gasteiger partial charge in [-0.2, -0.15) is 0 Å². The zero-order chi connectivity index (χ0) is 17.6. The molecule has 3 rings (SSSR count). The first-order chi connectivity index (χ1) is 12.2. The van der Waals surface area contributed by atoms with Crippen LogP contribution in [0.5, 0.6) is 11.5 Å². The van der Waals surface area contributed by atoms with E-state index in [4.69, 9.17) is 9.47 Å². The van der Waals surface area contributed by atoms with E-state index in [1.165, 1.54) is 12.8 Å². The third-order valence-electron chi connectivity index (χ3n) is 4.47. The standard InChI is InChI=1S/C19H24N2O3S/c1-23-16-8-7-14(11-17(16)24-2)19-20-15(13-25-19)12-18(22)21-9-5-3-4-6-10-21/h7-8,11,13H,3-6,9-10,12H2,1-2H3. The fourth-order valence-electron chi connectivity index (χ4n) is 3.08. The van der Waals surface area contributed by atoms with Crippen molar-refractivity contribution in [1.29, 1.82) is 0 Å². The third-order valence-corrected chi connectivity index (χ3v) is 5.41. The highest BCUT2D eigenvalue weighted by atomic mass is 32.1. The highest BCUT2D eigenvalue weighted by Gasteiger charge is 2.17. The summed E-state index contributed by atoms with van der Waals surface area (Å²) in [6, 6.07) is 5.75. The Morgan fingerprint density at radius 3 is 2.52 bits per heavy atom. The number of benzene rings is 1. The van der Waals surface area contributed by atoms with Crippen LogP contribution < -0.4 is 9.47 Å². The normalized spacial score (nSPS) is 14.9. The van der Waals surface area contributed by atoms with Gasteiger partial charge < -0.3 is 14.4 Å². The maximum atomic E-state index is 12.5. The Balaban J connectivity index is 1.70. The van der Waals surface area contributed by atoms with Crippen LogP contribution in [0.25, 0.3) is 10.6 Å². The topological polar surface area (TPSA) is 51.7 Å². The van der Waals surface area contributed by atoms with Gasteiger partial charge in [-0.15, -0.1) is 11.3 Å². The molecule has 0 saturated carbocycles. The molecule has 1 aromatic carbocycles. The van der Waals surface area contributed by atoms with Gasteiger partial charge in [-0.05, 0) is 31.0 Å². The van der Waals surface area contributed by atoms with E-state index in [9.17, 15) is 4.79 Å². The largest absolute Gasteiger partial charge is 0.493 e. The Bertz CT molecular complexity index is 721. The second-order valence-electron chi connectivity index (χ2n) is 6.19. The maximum Gasteiger partial charge on any atom is 0.228 e. The summed E-state index contributed by atoms with van der Waals surface area (Å²) in [7, 11) is 3.24. The molecule has 2 heterocycles. The Morgan fingerprint density at radius 1 is 1.12 bits per heavy atom. The number of nitrogens with zero attached hydrogens (tertiary/aromatic N) is 2. The van der Waals surface area contributed by atoms with Crippen molar-refractivity contribution in [3.63, 3.8) is 0 Å². The molecule has 1 saturated heterocycles. The quantitative estimate of drug-likeness (QED) is 0.814. The van der Waals surface area contributed by atoms with Crippen LogP contribution in [0, 0.1) is 0 Å². The number of rotatable bonds is 5. The van der Waals surface area contributed by atoms with E-state index in [2.05, 4.69) is 4.98 Å². The molecule has 0 N–H and O–H groups in total. The van der Waals surface area contributed by atoms with Crippen LogP contribution in [0.4, 0.5) is 0 Å². The zero-order valence-electron chi connectivity index (χ0n) is 14.8. The van der Waals surface area contributed by atoms with Gasteiger partial charge in [0.2, 0.25) is 5.91 Å². The summed E-state index contributed by atoms with van der Waals surface area (Å²) in [6.07, 6.45) is 5.05. The Hall–Kier alpha value is -2.08. The van der Waals surface area contributed by atoms with Crippen molar-refractivity contribution in [3.8, 4) is 22.1 Å². The molecule has 134 valence electrons. The molecule has 0 aliphatic carbocycles. The molecule has 6 heteroatoms. The van der Waals surface area contributed by atoms with Crippen LogP contribution in [0.2, 0.25) is 0 Å². The van der Waals surface area contributed by atoms with Crippen molar-refractivity contribution in [3.05, 3.63) is 29.3 Å². The van der Waals surface area contributed by atoms with Crippen LogP contribution in [-0.4, -0.2) is 43.1 Å². The first kappa shape index (κ1) is 17.7. The molecule has 25 heavy (non-hydrogen) atoms. The van der Waals surface area contributed by atoms with Gasteiger partial charge in [-0.25, -0.2) is 4.98 Å². The Morgan fingerprint density at radius 2 is 1.84 bits per heavy atom. The average molecular weight is 360 g/mol. The monoisotopic (exact) mass is 360 g/mol. The van der Waals surface area contributed by atoms with Crippen molar-refractivity contribution in [1.82, 2.24) is 9.88 Å². The molecule has 0 atom stereocenters. The number of amides is 1. The second kappa shape index (κ2) is 8.34. The minimum absolute atomic E-state index is 0.186. The smallest absolute Gasteiger partial charge is 0.228 e. The van der Waals surface area contributed by atoms with E-state index in [0.29, 0.717) is 17.9 Å². The van der Waals surface area contributed by atoms with E-state index in [0.717, 1.165) is 42.2 Å². The number of hydrogen-bond acceptors (Lipinski definition) is 5. The molecule has 0 radical (unpaired) electrons. The number of hydrogen-bond donors (Lipinski definition) is 0. The first-order valence-electron chi connectivity index (χ1n) is 8.66. The molecule has 5 nitrogen and oxygen atoms in total. The van der Waals surface area contributed by atoms with Crippen molar-refractivity contribution in [2.45, 2.75) is 32.1 Å². The van der Waals surface area contributed by atoms with Gasteiger partial charge in [0.1, 0.15) is 5.01 Å². The van der Waals surface area contributed by atoms with E-state index in [1.54, 1.807) is 25.6 Å². The SMILES string of the molecule is COc1ccc(-c2nc(CC(=O)N3CCCCCC3)cs2)cc1OC. The number of methoxy groups -OCH3 is 2. The van der Waals surface area contributed by atoms with E-state index < -0.39 is 0 Å². The van der Waals surface area contributed by atoms with Crippen molar-refractivity contribution < 1.29 is 14.3 Å². The molecule has 1 aromatic heterocycles. The average Bonchev–Trinajstić information content (AvgIpc) is 2.93. The number of aromatic nitrogens is 1. The molecule has 0 spiro atoms. The summed E-state index contributed by atoms with van der Waals surface area (Å²) >= 11 is 1.55. The van der Waals surface area contributed by atoms with E-state index >= 15 is 0 Å². The lowest BCUT2D eigenvalue weighted by Crippen LogP contribution is -2.33. The number of carbonyl (C=O) groups is 1. The minimum Gasteiger partial charge on any atom is -0.493 e. The van der Waals surface area contributed by atoms with Crippen molar-refractivity contribution in [2.75, 3.05) is 27.3 Å². The first-order valence-corrected chi connectivity index (χ1v) is 9.54. The van der Waals surface area contributed by atoms with Crippen molar-refractivity contribution in [2.24, 2.45) is 0 Å². The predicted octanol–water partition coefficient (Wildman–Crippen LogP) is 3.77. The molecule has 0 unspecified atom stereocenters. The summed E-state index contributed by atoms with van der Waals surface area (Å²) < 4.78 is 10.6. The summed E-state index contributed by atoms with van der Waals surface area (Å²) in [6.45, 7) is 1.76. The Kier molecular flexibility index (Phi) is 5.91. The van der Waals surface area contributed by atoms with Crippen LogP contribution in [0.15, 0.2) is 23.6 Å². The van der Waals surface area contributed by atoms with E-state index in [-0.39, 0.29) is 5.91 Å². The zero-order valence-corrected chi connectivity index (χ0v) is 15.6. The maximum absolute atomic E-state index is 12.5. The van der Waals surface area contributed by atoms with Gasteiger partial charge in [0.25, 0.3) is 0 Å². The van der Waals surface area contributed by atoms with Crippen LogP contribution in [-0.2, 0) is 11.2 Å².